The summed E-state index contributed by atoms with van der Waals surface area (Å²) in [6, 6.07) is 19.4. The number of nitrogens with one attached hydrogen (secondary N) is 1. The van der Waals surface area contributed by atoms with E-state index in [-0.39, 0.29) is 17.8 Å². The fourth-order valence-corrected chi connectivity index (χ4v) is 2.84. The Labute approximate surface area is 165 Å². The smallest absolute Gasteiger partial charge is 0.276 e. The fourth-order valence-electron chi connectivity index (χ4n) is 2.84. The Morgan fingerprint density at radius 3 is 2.62 bits per heavy atom. The second-order valence-electron chi connectivity index (χ2n) is 6.36. The van der Waals surface area contributed by atoms with Gasteiger partial charge in [-0.25, -0.2) is 9.36 Å². The van der Waals surface area contributed by atoms with Crippen LogP contribution in [0.1, 0.15) is 16.1 Å². The topological polar surface area (TPSA) is 108 Å². The van der Waals surface area contributed by atoms with Crippen LogP contribution >= 0.6 is 0 Å². The van der Waals surface area contributed by atoms with Gasteiger partial charge in [-0.15, -0.1) is 5.10 Å². The lowest BCUT2D eigenvalue weighted by Gasteiger charge is -2.09. The van der Waals surface area contributed by atoms with Crippen molar-refractivity contribution in [1.29, 1.82) is 0 Å². The number of aromatic nitrogens is 6. The lowest BCUT2D eigenvalue weighted by atomic mass is 10.2. The van der Waals surface area contributed by atoms with E-state index in [9.17, 15) is 9.59 Å². The molecule has 1 amide bonds. The van der Waals surface area contributed by atoms with E-state index in [1.807, 2.05) is 36.4 Å². The first-order valence-corrected chi connectivity index (χ1v) is 8.86. The standard InChI is InChI=1S/C20H17N7O2/c1-26-19(22-24-25-26)15-8-5-9-16(12-15)21-20(29)17-10-11-18(28)27(23-17)13-14-6-3-2-4-7-14/h2-12H,13H2,1H3,(H,21,29). The van der Waals surface area contributed by atoms with Gasteiger partial charge in [0.25, 0.3) is 11.5 Å². The minimum Gasteiger partial charge on any atom is -0.321 e. The molecule has 0 aliphatic rings. The second kappa shape index (κ2) is 7.85. The number of nitrogens with zero attached hydrogens (tertiary/aromatic N) is 6. The fraction of sp³-hybridized carbons (Fsp3) is 0.100. The summed E-state index contributed by atoms with van der Waals surface area (Å²) >= 11 is 0. The molecule has 1 N–H and O–H groups in total. The first-order valence-electron chi connectivity index (χ1n) is 8.86. The summed E-state index contributed by atoms with van der Waals surface area (Å²) in [5.41, 5.74) is 2.12. The molecular formula is C20H17N7O2. The Morgan fingerprint density at radius 2 is 1.86 bits per heavy atom. The number of amides is 1. The van der Waals surface area contributed by atoms with Gasteiger partial charge in [-0.2, -0.15) is 5.10 Å². The third-order valence-corrected chi connectivity index (χ3v) is 4.27. The van der Waals surface area contributed by atoms with E-state index in [1.54, 1.807) is 29.9 Å². The third kappa shape index (κ3) is 4.08. The highest BCUT2D eigenvalue weighted by Gasteiger charge is 2.12. The maximum Gasteiger partial charge on any atom is 0.276 e. The first-order chi connectivity index (χ1) is 14.1. The molecule has 0 spiro atoms. The van der Waals surface area contributed by atoms with Crippen molar-refractivity contribution in [2.24, 2.45) is 7.05 Å². The van der Waals surface area contributed by atoms with Crippen LogP contribution in [0.25, 0.3) is 11.4 Å². The summed E-state index contributed by atoms with van der Waals surface area (Å²) in [7, 11) is 1.74. The Morgan fingerprint density at radius 1 is 1.03 bits per heavy atom. The van der Waals surface area contributed by atoms with Gasteiger partial charge < -0.3 is 5.32 Å². The highest BCUT2D eigenvalue weighted by Crippen LogP contribution is 2.19. The highest BCUT2D eigenvalue weighted by atomic mass is 16.2. The van der Waals surface area contributed by atoms with Crippen molar-refractivity contribution in [1.82, 2.24) is 30.0 Å². The molecule has 0 bridgehead atoms. The van der Waals surface area contributed by atoms with Crippen molar-refractivity contribution < 1.29 is 4.79 Å². The zero-order valence-corrected chi connectivity index (χ0v) is 15.6. The first kappa shape index (κ1) is 18.2. The second-order valence-corrected chi connectivity index (χ2v) is 6.36. The number of rotatable bonds is 5. The van der Waals surface area contributed by atoms with E-state index in [2.05, 4.69) is 25.9 Å². The molecule has 0 aliphatic heterocycles. The molecule has 29 heavy (non-hydrogen) atoms. The largest absolute Gasteiger partial charge is 0.321 e. The van der Waals surface area contributed by atoms with Gasteiger partial charge in [0.2, 0.25) is 0 Å². The summed E-state index contributed by atoms with van der Waals surface area (Å²) in [5, 5.41) is 18.4. The minimum absolute atomic E-state index is 0.145. The minimum atomic E-state index is -0.417. The molecule has 0 saturated carbocycles. The molecule has 0 unspecified atom stereocenters. The van der Waals surface area contributed by atoms with Gasteiger partial charge in [0.1, 0.15) is 5.69 Å². The van der Waals surface area contributed by atoms with Crippen LogP contribution < -0.4 is 10.9 Å². The lowest BCUT2D eigenvalue weighted by molar-refractivity contribution is 0.102. The number of benzene rings is 2. The van der Waals surface area contributed by atoms with Crippen LogP contribution in [-0.2, 0) is 13.6 Å². The quantitative estimate of drug-likeness (QED) is 0.559. The Kier molecular flexibility index (Phi) is 4.93. The van der Waals surface area contributed by atoms with Crippen LogP contribution in [0.4, 0.5) is 5.69 Å². The van der Waals surface area contributed by atoms with Crippen molar-refractivity contribution in [2.45, 2.75) is 6.54 Å². The average molecular weight is 387 g/mol. The normalized spacial score (nSPS) is 10.7. The van der Waals surface area contributed by atoms with Crippen molar-refractivity contribution >= 4 is 11.6 Å². The van der Waals surface area contributed by atoms with Crippen LogP contribution in [0, 0.1) is 0 Å². The van der Waals surface area contributed by atoms with Crippen LogP contribution in [0.5, 0.6) is 0 Å². The van der Waals surface area contributed by atoms with E-state index >= 15 is 0 Å². The summed E-state index contributed by atoms with van der Waals surface area (Å²) in [5.74, 6) is 0.163. The number of hydrogen-bond acceptors (Lipinski definition) is 6. The van der Waals surface area contributed by atoms with E-state index in [0.717, 1.165) is 11.1 Å². The van der Waals surface area contributed by atoms with Crippen molar-refractivity contribution in [3.63, 3.8) is 0 Å². The molecule has 0 aliphatic carbocycles. The monoisotopic (exact) mass is 387 g/mol. The summed E-state index contributed by atoms with van der Waals surface area (Å²) < 4.78 is 2.81. The van der Waals surface area contributed by atoms with Crippen LogP contribution in [-0.4, -0.2) is 35.9 Å². The molecule has 0 radical (unpaired) electrons. The van der Waals surface area contributed by atoms with Crippen molar-refractivity contribution in [3.05, 3.63) is 88.3 Å². The molecule has 9 nitrogen and oxygen atoms in total. The number of anilines is 1. The van der Waals surface area contributed by atoms with E-state index < -0.39 is 5.91 Å². The third-order valence-electron chi connectivity index (χ3n) is 4.27. The van der Waals surface area contributed by atoms with Gasteiger partial charge >= 0.3 is 0 Å². The molecule has 0 saturated heterocycles. The number of carbonyl (C=O) groups excluding carboxylic acids is 1. The molecule has 0 atom stereocenters. The molecule has 0 fully saturated rings. The number of carbonyl (C=O) groups is 1. The Hall–Kier alpha value is -4.14. The Bertz CT molecular complexity index is 1210. The van der Waals surface area contributed by atoms with Gasteiger partial charge in [-0.05, 0) is 34.2 Å². The highest BCUT2D eigenvalue weighted by molar-refractivity contribution is 6.02. The van der Waals surface area contributed by atoms with Crippen LogP contribution in [0.15, 0.2) is 71.5 Å². The summed E-state index contributed by atoms with van der Waals surface area (Å²) in [6.45, 7) is 0.287. The SMILES string of the molecule is Cn1nnnc1-c1cccc(NC(=O)c2ccc(=O)n(Cc3ccccc3)n2)c1. The zero-order chi connectivity index (χ0) is 20.2. The number of hydrogen-bond donors (Lipinski definition) is 1. The maximum absolute atomic E-state index is 12.7. The van der Waals surface area contributed by atoms with Gasteiger partial charge in [0.05, 0.1) is 6.54 Å². The van der Waals surface area contributed by atoms with Gasteiger partial charge in [0, 0.05) is 24.4 Å². The Balaban J connectivity index is 1.55. The van der Waals surface area contributed by atoms with Crippen molar-refractivity contribution in [3.8, 4) is 11.4 Å². The molecule has 144 valence electrons. The van der Waals surface area contributed by atoms with E-state index in [1.165, 1.54) is 16.8 Å². The lowest BCUT2D eigenvalue weighted by Crippen LogP contribution is -2.26. The zero-order valence-electron chi connectivity index (χ0n) is 15.6. The van der Waals surface area contributed by atoms with Crippen LogP contribution in [0.3, 0.4) is 0 Å². The molecule has 2 aromatic carbocycles. The maximum atomic E-state index is 12.7. The van der Waals surface area contributed by atoms with E-state index in [0.29, 0.717) is 11.5 Å². The summed E-state index contributed by atoms with van der Waals surface area (Å²) in [6.07, 6.45) is 0. The van der Waals surface area contributed by atoms with E-state index in [4.69, 9.17) is 0 Å². The van der Waals surface area contributed by atoms with Crippen molar-refractivity contribution in [2.75, 3.05) is 5.32 Å². The van der Waals surface area contributed by atoms with Gasteiger partial charge in [0.15, 0.2) is 5.82 Å². The molecule has 4 rings (SSSR count). The molecule has 9 heteroatoms. The summed E-state index contributed by atoms with van der Waals surface area (Å²) in [4.78, 5) is 24.8. The average Bonchev–Trinajstić information content (AvgIpc) is 3.16. The van der Waals surface area contributed by atoms with Gasteiger partial charge in [-0.3, -0.25) is 9.59 Å². The van der Waals surface area contributed by atoms with Crippen LogP contribution in [0.2, 0.25) is 0 Å². The number of aryl methyl sites for hydroxylation is 1. The molecule has 2 aromatic heterocycles. The predicted molar refractivity (Wildman–Crippen MR) is 106 cm³/mol. The van der Waals surface area contributed by atoms with Gasteiger partial charge in [-0.1, -0.05) is 42.5 Å². The predicted octanol–water partition coefficient (Wildman–Crippen LogP) is 1.73. The molecule has 4 aromatic rings. The molecular weight excluding hydrogens is 370 g/mol. The number of tetrazole rings is 1. The molecule has 2 heterocycles.